The van der Waals surface area contributed by atoms with E-state index in [9.17, 15) is 14.0 Å². The first-order valence-electron chi connectivity index (χ1n) is 6.18. The summed E-state index contributed by atoms with van der Waals surface area (Å²) in [6.07, 6.45) is 0.224. The molecular weight excluding hydrogens is 331 g/mol. The van der Waals surface area contributed by atoms with E-state index in [1.807, 2.05) is 0 Å². The standard InChI is InChI=1S/C13H14BrFN2O3/c14-10-3-2-9(11(15)6-10)7-16-12(18)8-17-4-1-5-20-13(17)19/h2-3,6H,1,4-5,7-8H2,(H,16,18). The SMILES string of the molecule is O=C(CN1CCCOC1=O)NCc1ccc(Br)cc1F. The predicted molar refractivity (Wildman–Crippen MR) is 73.5 cm³/mol. The number of halogens is 2. The topological polar surface area (TPSA) is 58.6 Å². The van der Waals surface area contributed by atoms with Gasteiger partial charge in [0.2, 0.25) is 5.91 Å². The number of amides is 2. The normalized spacial score (nSPS) is 14.9. The minimum Gasteiger partial charge on any atom is -0.449 e. The molecule has 0 unspecified atom stereocenters. The van der Waals surface area contributed by atoms with Gasteiger partial charge in [0, 0.05) is 23.1 Å². The first-order valence-corrected chi connectivity index (χ1v) is 6.98. The van der Waals surface area contributed by atoms with Crippen molar-refractivity contribution >= 4 is 27.9 Å². The average Bonchev–Trinajstić information content (AvgIpc) is 2.40. The van der Waals surface area contributed by atoms with Gasteiger partial charge < -0.3 is 10.1 Å². The van der Waals surface area contributed by atoms with Gasteiger partial charge in [-0.2, -0.15) is 0 Å². The zero-order valence-electron chi connectivity index (χ0n) is 10.7. The molecule has 1 aromatic carbocycles. The molecule has 108 valence electrons. The summed E-state index contributed by atoms with van der Waals surface area (Å²) in [6.45, 7) is 0.901. The van der Waals surface area contributed by atoms with E-state index in [-0.39, 0.29) is 19.0 Å². The quantitative estimate of drug-likeness (QED) is 0.909. The molecule has 1 aliphatic heterocycles. The summed E-state index contributed by atoms with van der Waals surface area (Å²) in [5, 5.41) is 2.58. The Morgan fingerprint density at radius 2 is 2.30 bits per heavy atom. The number of nitrogens with zero attached hydrogens (tertiary/aromatic N) is 1. The third kappa shape index (κ3) is 3.93. The van der Waals surface area contributed by atoms with Crippen LogP contribution in [-0.4, -0.2) is 36.6 Å². The van der Waals surface area contributed by atoms with Crippen LogP contribution >= 0.6 is 15.9 Å². The molecule has 1 fully saturated rings. The highest BCUT2D eigenvalue weighted by Crippen LogP contribution is 2.15. The van der Waals surface area contributed by atoms with Crippen LogP contribution in [0, 0.1) is 5.82 Å². The fourth-order valence-corrected chi connectivity index (χ4v) is 2.16. The fourth-order valence-electron chi connectivity index (χ4n) is 1.83. The molecule has 1 saturated heterocycles. The van der Waals surface area contributed by atoms with E-state index in [1.165, 1.54) is 11.0 Å². The molecule has 7 heteroatoms. The second-order valence-electron chi connectivity index (χ2n) is 4.40. The van der Waals surface area contributed by atoms with Crippen molar-refractivity contribution in [2.75, 3.05) is 19.7 Å². The molecule has 20 heavy (non-hydrogen) atoms. The predicted octanol–water partition coefficient (Wildman–Crippen LogP) is 2.05. The zero-order chi connectivity index (χ0) is 14.5. The molecule has 0 radical (unpaired) electrons. The third-order valence-electron chi connectivity index (χ3n) is 2.88. The first kappa shape index (κ1) is 14.8. The van der Waals surface area contributed by atoms with Crippen LogP contribution in [0.15, 0.2) is 22.7 Å². The van der Waals surface area contributed by atoms with Crippen LogP contribution in [0.25, 0.3) is 0 Å². The van der Waals surface area contributed by atoms with Crippen LogP contribution in [0.5, 0.6) is 0 Å². The Morgan fingerprint density at radius 3 is 3.00 bits per heavy atom. The van der Waals surface area contributed by atoms with Crippen molar-refractivity contribution in [1.82, 2.24) is 10.2 Å². The molecule has 0 spiro atoms. The molecule has 0 bridgehead atoms. The molecule has 1 heterocycles. The number of hydrogen-bond donors (Lipinski definition) is 1. The summed E-state index contributed by atoms with van der Waals surface area (Å²) >= 11 is 3.16. The summed E-state index contributed by atoms with van der Waals surface area (Å²) in [7, 11) is 0. The molecule has 2 amide bonds. The van der Waals surface area contributed by atoms with E-state index in [2.05, 4.69) is 21.2 Å². The Morgan fingerprint density at radius 1 is 1.50 bits per heavy atom. The number of ether oxygens (including phenoxy) is 1. The van der Waals surface area contributed by atoms with Crippen LogP contribution in [0.2, 0.25) is 0 Å². The van der Waals surface area contributed by atoms with Crippen molar-refractivity contribution in [2.45, 2.75) is 13.0 Å². The summed E-state index contributed by atoms with van der Waals surface area (Å²) in [6, 6.07) is 4.63. The summed E-state index contributed by atoms with van der Waals surface area (Å²) in [5.74, 6) is -0.733. The van der Waals surface area contributed by atoms with Crippen LogP contribution < -0.4 is 5.32 Å². The summed E-state index contributed by atoms with van der Waals surface area (Å²) in [5.41, 5.74) is 0.391. The van der Waals surface area contributed by atoms with Gasteiger partial charge >= 0.3 is 6.09 Å². The summed E-state index contributed by atoms with van der Waals surface area (Å²) < 4.78 is 19.0. The van der Waals surface area contributed by atoms with Crippen molar-refractivity contribution in [1.29, 1.82) is 0 Å². The van der Waals surface area contributed by atoms with Gasteiger partial charge in [-0.1, -0.05) is 22.0 Å². The Hall–Kier alpha value is -1.63. The lowest BCUT2D eigenvalue weighted by Gasteiger charge is -2.25. The average molecular weight is 345 g/mol. The molecule has 0 saturated carbocycles. The van der Waals surface area contributed by atoms with Gasteiger partial charge in [0.15, 0.2) is 0 Å². The molecule has 1 aromatic rings. The van der Waals surface area contributed by atoms with E-state index in [4.69, 9.17) is 4.74 Å². The summed E-state index contributed by atoms with van der Waals surface area (Å²) in [4.78, 5) is 24.4. The van der Waals surface area contributed by atoms with Crippen molar-refractivity contribution in [3.63, 3.8) is 0 Å². The number of carbonyl (C=O) groups is 2. The van der Waals surface area contributed by atoms with Gasteiger partial charge in [-0.25, -0.2) is 9.18 Å². The maximum atomic E-state index is 13.6. The molecule has 1 aliphatic rings. The number of nitrogens with one attached hydrogen (secondary N) is 1. The number of carbonyl (C=O) groups excluding carboxylic acids is 2. The van der Waals surface area contributed by atoms with Crippen LogP contribution in [0.1, 0.15) is 12.0 Å². The minimum absolute atomic E-state index is 0.0724. The lowest BCUT2D eigenvalue weighted by Crippen LogP contribution is -2.44. The van der Waals surface area contributed by atoms with Crippen LogP contribution in [0.4, 0.5) is 9.18 Å². The van der Waals surface area contributed by atoms with Gasteiger partial charge in [-0.3, -0.25) is 9.69 Å². The fraction of sp³-hybridized carbons (Fsp3) is 0.385. The molecule has 5 nitrogen and oxygen atoms in total. The van der Waals surface area contributed by atoms with E-state index in [0.29, 0.717) is 29.6 Å². The maximum absolute atomic E-state index is 13.6. The zero-order valence-corrected chi connectivity index (χ0v) is 12.3. The van der Waals surface area contributed by atoms with E-state index in [1.54, 1.807) is 12.1 Å². The maximum Gasteiger partial charge on any atom is 0.410 e. The highest BCUT2D eigenvalue weighted by Gasteiger charge is 2.21. The molecule has 0 aliphatic carbocycles. The largest absolute Gasteiger partial charge is 0.449 e. The second kappa shape index (κ2) is 6.69. The van der Waals surface area contributed by atoms with E-state index < -0.39 is 11.9 Å². The number of hydrogen-bond acceptors (Lipinski definition) is 3. The van der Waals surface area contributed by atoms with Crippen LogP contribution in [0.3, 0.4) is 0 Å². The van der Waals surface area contributed by atoms with Gasteiger partial charge in [-0.05, 0) is 18.6 Å². The van der Waals surface area contributed by atoms with Crippen molar-refractivity contribution < 1.29 is 18.7 Å². The Labute approximate surface area is 124 Å². The van der Waals surface area contributed by atoms with Gasteiger partial charge in [0.05, 0.1) is 6.61 Å². The smallest absolute Gasteiger partial charge is 0.410 e. The molecule has 0 aromatic heterocycles. The van der Waals surface area contributed by atoms with E-state index >= 15 is 0 Å². The number of benzene rings is 1. The number of cyclic esters (lactones) is 1. The van der Waals surface area contributed by atoms with Crippen molar-refractivity contribution in [3.8, 4) is 0 Å². The molecular formula is C13H14BrFN2O3. The van der Waals surface area contributed by atoms with Gasteiger partial charge in [0.25, 0.3) is 0 Å². The third-order valence-corrected chi connectivity index (χ3v) is 3.37. The van der Waals surface area contributed by atoms with E-state index in [0.717, 1.165) is 0 Å². The Bertz CT molecular complexity index is 524. The number of rotatable bonds is 4. The Kier molecular flexibility index (Phi) is 4.94. The monoisotopic (exact) mass is 344 g/mol. The first-order chi connectivity index (χ1) is 9.56. The lowest BCUT2D eigenvalue weighted by atomic mass is 10.2. The van der Waals surface area contributed by atoms with Gasteiger partial charge in [-0.15, -0.1) is 0 Å². The molecule has 2 rings (SSSR count). The van der Waals surface area contributed by atoms with Crippen molar-refractivity contribution in [2.24, 2.45) is 0 Å². The minimum atomic E-state index is -0.485. The highest BCUT2D eigenvalue weighted by atomic mass is 79.9. The van der Waals surface area contributed by atoms with Crippen LogP contribution in [-0.2, 0) is 16.1 Å². The molecule has 1 N–H and O–H groups in total. The second-order valence-corrected chi connectivity index (χ2v) is 5.32. The highest BCUT2D eigenvalue weighted by molar-refractivity contribution is 9.10. The molecule has 0 atom stereocenters. The van der Waals surface area contributed by atoms with Crippen molar-refractivity contribution in [3.05, 3.63) is 34.1 Å². The van der Waals surface area contributed by atoms with Gasteiger partial charge in [0.1, 0.15) is 12.4 Å². The lowest BCUT2D eigenvalue weighted by molar-refractivity contribution is -0.122. The Balaban J connectivity index is 1.84.